The first-order valence-electron chi connectivity index (χ1n) is 4.96. The Morgan fingerprint density at radius 2 is 2.31 bits per heavy atom. The molecule has 0 amide bonds. The van der Waals surface area contributed by atoms with Crippen molar-refractivity contribution in [2.45, 2.75) is 18.4 Å². The first-order valence-corrected chi connectivity index (χ1v) is 5.34. The molecule has 0 saturated carbocycles. The van der Waals surface area contributed by atoms with Gasteiger partial charge < -0.3 is 10.6 Å². The van der Waals surface area contributed by atoms with Crippen molar-refractivity contribution >= 4 is 17.3 Å². The van der Waals surface area contributed by atoms with Gasteiger partial charge in [0, 0.05) is 19.5 Å². The fraction of sp³-hybridized carbons (Fsp3) is 0.667. The number of nitrogens with two attached hydrogens (primary N) is 1. The third-order valence-corrected chi connectivity index (χ3v) is 3.25. The predicted molar refractivity (Wildman–Crippen MR) is 57.7 cm³/mol. The Morgan fingerprint density at radius 3 is 2.88 bits per heavy atom. The molecular weight excluding hydrogens is 238 g/mol. The lowest BCUT2D eigenvalue weighted by Crippen LogP contribution is -2.46. The highest BCUT2D eigenvalue weighted by atomic mass is 35.5. The van der Waals surface area contributed by atoms with Crippen LogP contribution >= 0.6 is 11.6 Å². The minimum absolute atomic E-state index is 0.0833. The summed E-state index contributed by atoms with van der Waals surface area (Å²) in [4.78, 5) is 1.83. The maximum absolute atomic E-state index is 13.7. The topological polar surface area (TPSA) is 47.1 Å². The standard InChI is InChI=1S/C9H13ClF2N4/c1-15-3-2-9(11,12)7(5-15)16-8(10)6(13)4-14-16/h4,7H,2-3,5,13H2,1H3. The molecule has 1 aromatic heterocycles. The fourth-order valence-electron chi connectivity index (χ4n) is 1.86. The van der Waals surface area contributed by atoms with E-state index in [4.69, 9.17) is 17.3 Å². The molecule has 1 aliphatic rings. The van der Waals surface area contributed by atoms with Crippen molar-refractivity contribution in [1.29, 1.82) is 0 Å². The summed E-state index contributed by atoms with van der Waals surface area (Å²) in [5.74, 6) is -2.80. The summed E-state index contributed by atoms with van der Waals surface area (Å²) < 4.78 is 28.6. The van der Waals surface area contributed by atoms with Crippen LogP contribution in [-0.2, 0) is 0 Å². The third kappa shape index (κ3) is 1.87. The van der Waals surface area contributed by atoms with Gasteiger partial charge in [0.15, 0.2) is 5.15 Å². The van der Waals surface area contributed by atoms with Gasteiger partial charge in [0.2, 0.25) is 0 Å². The van der Waals surface area contributed by atoms with Gasteiger partial charge in [-0.2, -0.15) is 5.10 Å². The van der Waals surface area contributed by atoms with Gasteiger partial charge in [0.05, 0.1) is 11.9 Å². The molecule has 1 unspecified atom stereocenters. The molecule has 1 aromatic rings. The van der Waals surface area contributed by atoms with Gasteiger partial charge in [0.25, 0.3) is 5.92 Å². The van der Waals surface area contributed by atoms with Crippen LogP contribution in [0.2, 0.25) is 5.15 Å². The van der Waals surface area contributed by atoms with Gasteiger partial charge in [-0.25, -0.2) is 13.5 Å². The average molecular weight is 251 g/mol. The quantitative estimate of drug-likeness (QED) is 0.824. The number of hydrogen-bond donors (Lipinski definition) is 1. The van der Waals surface area contributed by atoms with E-state index >= 15 is 0 Å². The van der Waals surface area contributed by atoms with Crippen molar-refractivity contribution in [2.24, 2.45) is 0 Å². The number of alkyl halides is 2. The maximum atomic E-state index is 13.7. The fourth-order valence-corrected chi connectivity index (χ4v) is 2.07. The number of halogens is 3. The Balaban J connectivity index is 2.34. The lowest BCUT2D eigenvalue weighted by atomic mass is 10.0. The largest absolute Gasteiger partial charge is 0.395 e. The average Bonchev–Trinajstić information content (AvgIpc) is 2.53. The minimum Gasteiger partial charge on any atom is -0.395 e. The van der Waals surface area contributed by atoms with Crippen molar-refractivity contribution < 1.29 is 8.78 Å². The van der Waals surface area contributed by atoms with Crippen LogP contribution in [0.4, 0.5) is 14.5 Å². The summed E-state index contributed by atoms with van der Waals surface area (Å²) in [5, 5.41) is 3.91. The van der Waals surface area contributed by atoms with Crippen molar-refractivity contribution in [1.82, 2.24) is 14.7 Å². The molecular formula is C9H13ClF2N4. The Labute approximate surface area is 97.0 Å². The molecule has 1 aliphatic heterocycles. The molecule has 4 nitrogen and oxygen atoms in total. The Bertz CT molecular complexity index is 393. The van der Waals surface area contributed by atoms with E-state index in [0.717, 1.165) is 4.68 Å². The second-order valence-electron chi connectivity index (χ2n) is 4.12. The van der Waals surface area contributed by atoms with Crippen LogP contribution in [0.3, 0.4) is 0 Å². The SMILES string of the molecule is CN1CCC(F)(F)C(n2ncc(N)c2Cl)C1. The van der Waals surface area contributed by atoms with Gasteiger partial charge in [-0.3, -0.25) is 0 Å². The number of anilines is 1. The summed E-state index contributed by atoms with van der Waals surface area (Å²) in [6.45, 7) is 0.589. The van der Waals surface area contributed by atoms with Crippen LogP contribution in [0.15, 0.2) is 6.20 Å². The molecule has 2 N–H and O–H groups in total. The van der Waals surface area contributed by atoms with Gasteiger partial charge in [-0.05, 0) is 7.05 Å². The zero-order valence-corrected chi connectivity index (χ0v) is 9.58. The van der Waals surface area contributed by atoms with Crippen LogP contribution in [0, 0.1) is 0 Å². The van der Waals surface area contributed by atoms with E-state index in [1.54, 1.807) is 7.05 Å². The first-order chi connectivity index (χ1) is 7.42. The number of nitrogens with zero attached hydrogens (tertiary/aromatic N) is 3. The molecule has 0 aromatic carbocycles. The molecule has 0 radical (unpaired) electrons. The molecule has 7 heteroatoms. The van der Waals surface area contributed by atoms with Crippen LogP contribution in [-0.4, -0.2) is 40.7 Å². The van der Waals surface area contributed by atoms with Crippen molar-refractivity contribution in [2.75, 3.05) is 25.9 Å². The number of rotatable bonds is 1. The third-order valence-electron chi connectivity index (χ3n) is 2.85. The van der Waals surface area contributed by atoms with Crippen LogP contribution < -0.4 is 5.73 Å². The van der Waals surface area contributed by atoms with Crippen LogP contribution in [0.25, 0.3) is 0 Å². The van der Waals surface area contributed by atoms with E-state index in [1.807, 2.05) is 4.90 Å². The smallest absolute Gasteiger partial charge is 0.272 e. The van der Waals surface area contributed by atoms with Crippen LogP contribution in [0.1, 0.15) is 12.5 Å². The molecule has 1 atom stereocenters. The van der Waals surface area contributed by atoms with E-state index in [2.05, 4.69) is 5.10 Å². The first kappa shape index (κ1) is 11.6. The molecule has 16 heavy (non-hydrogen) atoms. The Morgan fingerprint density at radius 1 is 1.62 bits per heavy atom. The zero-order valence-electron chi connectivity index (χ0n) is 8.83. The number of likely N-dealkylation sites (tertiary alicyclic amines) is 1. The lowest BCUT2D eigenvalue weighted by Gasteiger charge is -2.36. The molecule has 1 fully saturated rings. The van der Waals surface area contributed by atoms with E-state index in [-0.39, 0.29) is 23.8 Å². The highest BCUT2D eigenvalue weighted by molar-refractivity contribution is 6.32. The van der Waals surface area contributed by atoms with E-state index < -0.39 is 12.0 Å². The summed E-state index contributed by atoms with van der Waals surface area (Å²) >= 11 is 5.84. The molecule has 0 aliphatic carbocycles. The number of nitrogen functional groups attached to an aromatic ring is 1. The molecule has 2 rings (SSSR count). The highest BCUT2D eigenvalue weighted by Gasteiger charge is 2.45. The number of piperidine rings is 1. The molecule has 2 heterocycles. The molecule has 0 spiro atoms. The predicted octanol–water partition coefficient (Wildman–Crippen LogP) is 1.63. The van der Waals surface area contributed by atoms with Gasteiger partial charge in [0.1, 0.15) is 6.04 Å². The number of hydrogen-bond acceptors (Lipinski definition) is 3. The van der Waals surface area contributed by atoms with E-state index in [0.29, 0.717) is 6.54 Å². The highest BCUT2D eigenvalue weighted by Crippen LogP contribution is 2.38. The molecule has 0 bridgehead atoms. The molecule has 1 saturated heterocycles. The lowest BCUT2D eigenvalue weighted by molar-refractivity contribution is -0.0974. The Kier molecular flexibility index (Phi) is 2.79. The summed E-state index contributed by atoms with van der Waals surface area (Å²) in [6.07, 6.45) is 1.11. The number of likely N-dealkylation sites (N-methyl/N-ethyl adjacent to an activating group) is 1. The normalized spacial score (nSPS) is 25.9. The minimum atomic E-state index is -2.80. The zero-order chi connectivity index (χ0) is 11.9. The monoisotopic (exact) mass is 250 g/mol. The maximum Gasteiger partial charge on any atom is 0.272 e. The summed E-state index contributed by atoms with van der Waals surface area (Å²) in [6, 6.07) is -1.05. The van der Waals surface area contributed by atoms with Crippen molar-refractivity contribution in [3.05, 3.63) is 11.3 Å². The number of aromatic nitrogens is 2. The summed E-state index contributed by atoms with van der Waals surface area (Å²) in [5.41, 5.74) is 5.72. The summed E-state index contributed by atoms with van der Waals surface area (Å²) in [7, 11) is 1.79. The van der Waals surface area contributed by atoms with Gasteiger partial charge in [-0.15, -0.1) is 0 Å². The second kappa shape index (κ2) is 3.85. The van der Waals surface area contributed by atoms with Crippen LogP contribution in [0.5, 0.6) is 0 Å². The van der Waals surface area contributed by atoms with Gasteiger partial charge in [-0.1, -0.05) is 11.6 Å². The van der Waals surface area contributed by atoms with E-state index in [9.17, 15) is 8.78 Å². The molecule has 90 valence electrons. The van der Waals surface area contributed by atoms with Crippen molar-refractivity contribution in [3.8, 4) is 0 Å². The van der Waals surface area contributed by atoms with Gasteiger partial charge >= 0.3 is 0 Å². The van der Waals surface area contributed by atoms with E-state index in [1.165, 1.54) is 6.20 Å². The second-order valence-corrected chi connectivity index (χ2v) is 4.48. The van der Waals surface area contributed by atoms with Crippen molar-refractivity contribution in [3.63, 3.8) is 0 Å². The Hall–Kier alpha value is -0.880.